The van der Waals surface area contributed by atoms with Crippen molar-refractivity contribution in [2.75, 3.05) is 12.0 Å². The number of nitrogens with two attached hydrogens (primary N) is 1. The first-order valence-corrected chi connectivity index (χ1v) is 7.67. The SMILES string of the molecule is CSC1CCC(n2c(N)nc3cncc(Cl)c32)C1. The van der Waals surface area contributed by atoms with E-state index in [0.29, 0.717) is 22.3 Å². The molecule has 0 radical (unpaired) electrons. The third kappa shape index (κ3) is 1.86. The summed E-state index contributed by atoms with van der Waals surface area (Å²) in [5, 5.41) is 1.34. The monoisotopic (exact) mass is 282 g/mol. The quantitative estimate of drug-likeness (QED) is 0.919. The summed E-state index contributed by atoms with van der Waals surface area (Å²) >= 11 is 8.17. The molecule has 2 heterocycles. The van der Waals surface area contributed by atoms with Gasteiger partial charge in [0.1, 0.15) is 5.52 Å². The summed E-state index contributed by atoms with van der Waals surface area (Å²) in [5.74, 6) is 0.548. The lowest BCUT2D eigenvalue weighted by Crippen LogP contribution is -2.09. The summed E-state index contributed by atoms with van der Waals surface area (Å²) in [7, 11) is 0. The van der Waals surface area contributed by atoms with Gasteiger partial charge < -0.3 is 10.3 Å². The van der Waals surface area contributed by atoms with Gasteiger partial charge >= 0.3 is 0 Å². The molecule has 1 saturated carbocycles. The van der Waals surface area contributed by atoms with Crippen LogP contribution in [0.25, 0.3) is 11.0 Å². The van der Waals surface area contributed by atoms with E-state index >= 15 is 0 Å². The Morgan fingerprint density at radius 3 is 3.00 bits per heavy atom. The van der Waals surface area contributed by atoms with Gasteiger partial charge in [-0.25, -0.2) is 4.98 Å². The summed E-state index contributed by atoms with van der Waals surface area (Å²) < 4.78 is 2.09. The molecular formula is C12H15ClN4S. The fourth-order valence-corrected chi connectivity index (χ4v) is 3.80. The molecule has 2 atom stereocenters. The third-order valence-electron chi connectivity index (χ3n) is 3.63. The predicted octanol–water partition coefficient (Wildman–Crippen LogP) is 3.12. The van der Waals surface area contributed by atoms with Crippen molar-refractivity contribution < 1.29 is 0 Å². The Morgan fingerprint density at radius 1 is 1.44 bits per heavy atom. The highest BCUT2D eigenvalue weighted by molar-refractivity contribution is 7.99. The molecule has 2 aromatic rings. The van der Waals surface area contributed by atoms with E-state index in [4.69, 9.17) is 17.3 Å². The zero-order chi connectivity index (χ0) is 12.7. The number of rotatable bonds is 2. The molecule has 96 valence electrons. The predicted molar refractivity (Wildman–Crippen MR) is 77.1 cm³/mol. The van der Waals surface area contributed by atoms with Crippen molar-refractivity contribution in [3.8, 4) is 0 Å². The van der Waals surface area contributed by atoms with Crippen LogP contribution in [-0.2, 0) is 0 Å². The topological polar surface area (TPSA) is 56.7 Å². The van der Waals surface area contributed by atoms with E-state index < -0.39 is 0 Å². The number of fused-ring (bicyclic) bond motifs is 1. The van der Waals surface area contributed by atoms with Gasteiger partial charge in [0.25, 0.3) is 0 Å². The van der Waals surface area contributed by atoms with Crippen LogP contribution in [0.2, 0.25) is 5.02 Å². The molecular weight excluding hydrogens is 268 g/mol. The van der Waals surface area contributed by atoms with Crippen molar-refractivity contribution in [3.63, 3.8) is 0 Å². The summed E-state index contributed by atoms with van der Waals surface area (Å²) in [6.45, 7) is 0. The van der Waals surface area contributed by atoms with E-state index in [9.17, 15) is 0 Å². The zero-order valence-electron chi connectivity index (χ0n) is 10.1. The fraction of sp³-hybridized carbons (Fsp3) is 0.500. The Bertz CT molecular complexity index is 583. The van der Waals surface area contributed by atoms with Gasteiger partial charge in [0, 0.05) is 17.5 Å². The van der Waals surface area contributed by atoms with Gasteiger partial charge in [-0.15, -0.1) is 0 Å². The van der Waals surface area contributed by atoms with Crippen LogP contribution in [0.15, 0.2) is 12.4 Å². The maximum atomic E-state index is 6.24. The van der Waals surface area contributed by atoms with Crippen LogP contribution in [0.4, 0.5) is 5.95 Å². The minimum atomic E-state index is 0.410. The van der Waals surface area contributed by atoms with Gasteiger partial charge in [-0.2, -0.15) is 11.8 Å². The Kier molecular flexibility index (Phi) is 3.11. The number of nitrogens with zero attached hydrogens (tertiary/aromatic N) is 3. The third-order valence-corrected chi connectivity index (χ3v) is 5.00. The molecule has 0 amide bonds. The normalized spacial score (nSPS) is 23.9. The van der Waals surface area contributed by atoms with Crippen LogP contribution in [0.3, 0.4) is 0 Å². The lowest BCUT2D eigenvalue weighted by Gasteiger charge is -2.15. The molecule has 4 nitrogen and oxygen atoms in total. The Morgan fingerprint density at radius 2 is 2.28 bits per heavy atom. The molecule has 1 aliphatic carbocycles. The van der Waals surface area contributed by atoms with Crippen molar-refractivity contribution in [1.82, 2.24) is 14.5 Å². The fourth-order valence-electron chi connectivity index (χ4n) is 2.77. The van der Waals surface area contributed by atoms with Crippen molar-refractivity contribution in [3.05, 3.63) is 17.4 Å². The standard InChI is InChI=1S/C12H15ClN4S/c1-18-8-3-2-7(4-8)17-11-9(13)5-15-6-10(11)16-12(17)14/h5-8H,2-4H2,1H3,(H2,14,16). The van der Waals surface area contributed by atoms with Gasteiger partial charge in [0.2, 0.25) is 5.95 Å². The number of imidazole rings is 1. The molecule has 0 aromatic carbocycles. The summed E-state index contributed by atoms with van der Waals surface area (Å²) in [4.78, 5) is 8.41. The second-order valence-corrected chi connectivity index (χ2v) is 6.20. The van der Waals surface area contributed by atoms with E-state index in [1.165, 1.54) is 6.42 Å². The Balaban J connectivity index is 2.09. The van der Waals surface area contributed by atoms with Crippen LogP contribution in [0.1, 0.15) is 25.3 Å². The van der Waals surface area contributed by atoms with E-state index in [-0.39, 0.29) is 0 Å². The maximum Gasteiger partial charge on any atom is 0.201 e. The molecule has 0 aliphatic heterocycles. The minimum absolute atomic E-state index is 0.410. The number of halogens is 1. The summed E-state index contributed by atoms with van der Waals surface area (Å²) in [6.07, 6.45) is 9.04. The first kappa shape index (κ1) is 12.1. The summed E-state index contributed by atoms with van der Waals surface area (Å²) in [6, 6.07) is 0.410. The summed E-state index contributed by atoms with van der Waals surface area (Å²) in [5.41, 5.74) is 7.76. The second-order valence-electron chi connectivity index (χ2n) is 4.65. The lowest BCUT2D eigenvalue weighted by atomic mass is 10.2. The van der Waals surface area contributed by atoms with Gasteiger partial charge in [-0.3, -0.25) is 4.98 Å². The molecule has 0 saturated heterocycles. The number of aromatic nitrogens is 3. The molecule has 2 unspecified atom stereocenters. The average molecular weight is 283 g/mol. The molecule has 6 heteroatoms. The highest BCUT2D eigenvalue weighted by Crippen LogP contribution is 2.40. The zero-order valence-corrected chi connectivity index (χ0v) is 11.7. The highest BCUT2D eigenvalue weighted by atomic mass is 35.5. The number of anilines is 1. The lowest BCUT2D eigenvalue weighted by molar-refractivity contribution is 0.540. The Labute approximate surface area is 115 Å². The number of hydrogen-bond donors (Lipinski definition) is 1. The molecule has 18 heavy (non-hydrogen) atoms. The van der Waals surface area contributed by atoms with Crippen molar-refractivity contribution in [2.45, 2.75) is 30.6 Å². The van der Waals surface area contributed by atoms with Crippen molar-refractivity contribution >= 4 is 40.3 Å². The number of nitrogen functional groups attached to an aromatic ring is 1. The van der Waals surface area contributed by atoms with Gasteiger partial charge in [-0.1, -0.05) is 11.6 Å². The molecule has 1 fully saturated rings. The molecule has 0 spiro atoms. The van der Waals surface area contributed by atoms with Crippen LogP contribution >= 0.6 is 23.4 Å². The van der Waals surface area contributed by atoms with Gasteiger partial charge in [0.15, 0.2) is 0 Å². The van der Waals surface area contributed by atoms with Crippen LogP contribution in [-0.4, -0.2) is 26.0 Å². The van der Waals surface area contributed by atoms with E-state index in [1.54, 1.807) is 12.4 Å². The first-order chi connectivity index (χ1) is 8.70. The number of hydrogen-bond acceptors (Lipinski definition) is 4. The maximum absolute atomic E-state index is 6.24. The molecule has 0 bridgehead atoms. The molecule has 2 N–H and O–H groups in total. The van der Waals surface area contributed by atoms with E-state index in [0.717, 1.165) is 23.9 Å². The minimum Gasteiger partial charge on any atom is -0.369 e. The average Bonchev–Trinajstić information content (AvgIpc) is 2.92. The van der Waals surface area contributed by atoms with Crippen molar-refractivity contribution in [1.29, 1.82) is 0 Å². The first-order valence-electron chi connectivity index (χ1n) is 6.00. The molecule has 2 aromatic heterocycles. The van der Waals surface area contributed by atoms with Gasteiger partial charge in [-0.05, 0) is 25.5 Å². The van der Waals surface area contributed by atoms with E-state index in [1.807, 2.05) is 11.8 Å². The second kappa shape index (κ2) is 4.63. The largest absolute Gasteiger partial charge is 0.369 e. The highest BCUT2D eigenvalue weighted by Gasteiger charge is 2.28. The molecule has 1 aliphatic rings. The van der Waals surface area contributed by atoms with Gasteiger partial charge in [0.05, 0.1) is 16.7 Å². The Hall–Kier alpha value is -0.940. The number of thioether (sulfide) groups is 1. The van der Waals surface area contributed by atoms with Crippen LogP contribution in [0.5, 0.6) is 0 Å². The molecule has 3 rings (SSSR count). The van der Waals surface area contributed by atoms with Crippen LogP contribution < -0.4 is 5.73 Å². The van der Waals surface area contributed by atoms with E-state index in [2.05, 4.69) is 20.8 Å². The smallest absolute Gasteiger partial charge is 0.201 e. The number of pyridine rings is 1. The van der Waals surface area contributed by atoms with Crippen LogP contribution in [0, 0.1) is 0 Å². The van der Waals surface area contributed by atoms with Crippen molar-refractivity contribution in [2.24, 2.45) is 0 Å².